The number of fused-ring (bicyclic) bond motifs is 1. The van der Waals surface area contributed by atoms with Crippen molar-refractivity contribution in [3.05, 3.63) is 68.4 Å². The molecule has 1 aromatic heterocycles. The highest BCUT2D eigenvalue weighted by Crippen LogP contribution is 2.30. The fraction of sp³-hybridized carbons (Fsp3) is 0.429. The van der Waals surface area contributed by atoms with Crippen LogP contribution in [-0.2, 0) is 17.9 Å². The Morgan fingerprint density at radius 2 is 1.58 bits per heavy atom. The van der Waals surface area contributed by atoms with Gasteiger partial charge in [0.05, 0.1) is 31.7 Å². The Morgan fingerprint density at radius 3 is 2.18 bits per heavy atom. The van der Waals surface area contributed by atoms with E-state index in [-0.39, 0.29) is 35.8 Å². The molecule has 2 N–H and O–H groups in total. The number of amides is 2. The summed E-state index contributed by atoms with van der Waals surface area (Å²) in [6, 6.07) is 9.78. The second kappa shape index (κ2) is 12.9. The minimum absolute atomic E-state index is 0.0339. The van der Waals surface area contributed by atoms with Crippen molar-refractivity contribution in [2.75, 3.05) is 27.3 Å². The molecule has 3 aromatic rings. The van der Waals surface area contributed by atoms with Gasteiger partial charge in [0.2, 0.25) is 5.91 Å². The Bertz CT molecular complexity index is 1410. The normalized spacial score (nSPS) is 11.0. The summed E-state index contributed by atoms with van der Waals surface area (Å²) in [7, 11) is 2.91. The predicted octanol–water partition coefficient (Wildman–Crippen LogP) is 2.53. The number of carbonyl (C=O) groups is 2. The lowest BCUT2D eigenvalue weighted by Crippen LogP contribution is -2.43. The number of hydrogen-bond acceptors (Lipinski definition) is 6. The zero-order valence-corrected chi connectivity index (χ0v) is 22.6. The molecule has 0 spiro atoms. The summed E-state index contributed by atoms with van der Waals surface area (Å²) < 4.78 is 13.1. The van der Waals surface area contributed by atoms with E-state index in [4.69, 9.17) is 9.47 Å². The second-order valence-electron chi connectivity index (χ2n) is 9.47. The number of carbonyl (C=O) groups excluding carboxylic acids is 2. The molecule has 0 radical (unpaired) electrons. The molecule has 0 bridgehead atoms. The summed E-state index contributed by atoms with van der Waals surface area (Å²) in [5.74, 6) is 0.629. The Morgan fingerprint density at radius 1 is 0.921 bits per heavy atom. The van der Waals surface area contributed by atoms with Crippen molar-refractivity contribution in [1.82, 2.24) is 19.8 Å². The lowest BCUT2D eigenvalue weighted by atomic mass is 10.1. The predicted molar refractivity (Wildman–Crippen MR) is 146 cm³/mol. The molecular weight excluding hydrogens is 488 g/mol. The quantitative estimate of drug-likeness (QED) is 0.376. The molecule has 0 saturated carbocycles. The minimum Gasteiger partial charge on any atom is -0.493 e. The van der Waals surface area contributed by atoms with Crippen LogP contribution in [-0.4, -0.2) is 48.3 Å². The van der Waals surface area contributed by atoms with Gasteiger partial charge in [-0.25, -0.2) is 4.79 Å². The van der Waals surface area contributed by atoms with Gasteiger partial charge in [0.25, 0.3) is 11.5 Å². The van der Waals surface area contributed by atoms with Crippen LogP contribution in [0.15, 0.2) is 46.0 Å². The SMILES string of the molecule is CCCNC(=O)Cn1c(=O)n(Cc2ccc(C(=O)NCCC(C)C)cc2)c(=O)c2cc(OC)c(OC)cc21. The fourth-order valence-electron chi connectivity index (χ4n) is 4.02. The summed E-state index contributed by atoms with van der Waals surface area (Å²) in [6.45, 7) is 6.87. The molecule has 10 nitrogen and oxygen atoms in total. The lowest BCUT2D eigenvalue weighted by Gasteiger charge is -2.16. The van der Waals surface area contributed by atoms with E-state index < -0.39 is 11.2 Å². The van der Waals surface area contributed by atoms with Crippen molar-refractivity contribution in [1.29, 1.82) is 0 Å². The molecule has 2 aromatic carbocycles. The van der Waals surface area contributed by atoms with Crippen LogP contribution in [0.3, 0.4) is 0 Å². The summed E-state index contributed by atoms with van der Waals surface area (Å²) in [5, 5.41) is 5.87. The van der Waals surface area contributed by atoms with Gasteiger partial charge in [-0.1, -0.05) is 32.9 Å². The van der Waals surface area contributed by atoms with Crippen LogP contribution < -0.4 is 31.4 Å². The van der Waals surface area contributed by atoms with Gasteiger partial charge < -0.3 is 20.1 Å². The first-order valence-electron chi connectivity index (χ1n) is 12.7. The van der Waals surface area contributed by atoms with Gasteiger partial charge in [-0.3, -0.25) is 23.5 Å². The zero-order valence-electron chi connectivity index (χ0n) is 22.6. The second-order valence-corrected chi connectivity index (χ2v) is 9.47. The molecule has 0 fully saturated rings. The monoisotopic (exact) mass is 524 g/mol. The molecule has 0 aliphatic heterocycles. The topological polar surface area (TPSA) is 121 Å². The standard InChI is InChI=1S/C28H36N4O6/c1-6-12-29-25(33)17-31-22-15-24(38-5)23(37-4)14-21(22)27(35)32(28(31)36)16-19-7-9-20(10-8-19)26(34)30-13-11-18(2)3/h7-10,14-15,18H,6,11-13,16-17H2,1-5H3,(H,29,33)(H,30,34). The van der Waals surface area contributed by atoms with Crippen LogP contribution in [0, 0.1) is 5.92 Å². The lowest BCUT2D eigenvalue weighted by molar-refractivity contribution is -0.121. The fourth-order valence-corrected chi connectivity index (χ4v) is 4.02. The van der Waals surface area contributed by atoms with Crippen LogP contribution in [0.5, 0.6) is 11.5 Å². The van der Waals surface area contributed by atoms with Crippen molar-refractivity contribution in [2.24, 2.45) is 5.92 Å². The van der Waals surface area contributed by atoms with Crippen LogP contribution >= 0.6 is 0 Å². The molecule has 38 heavy (non-hydrogen) atoms. The number of hydrogen-bond donors (Lipinski definition) is 2. The maximum absolute atomic E-state index is 13.5. The largest absolute Gasteiger partial charge is 0.493 e. The molecule has 0 unspecified atom stereocenters. The molecule has 0 aliphatic rings. The molecule has 0 aliphatic carbocycles. The minimum atomic E-state index is -0.628. The molecule has 2 amide bonds. The van der Waals surface area contributed by atoms with E-state index in [1.54, 1.807) is 24.3 Å². The van der Waals surface area contributed by atoms with Crippen LogP contribution in [0.2, 0.25) is 0 Å². The highest BCUT2D eigenvalue weighted by molar-refractivity contribution is 5.94. The number of nitrogens with one attached hydrogen (secondary N) is 2. The van der Waals surface area contributed by atoms with E-state index in [9.17, 15) is 19.2 Å². The average molecular weight is 525 g/mol. The highest BCUT2D eigenvalue weighted by Gasteiger charge is 2.19. The van der Waals surface area contributed by atoms with Gasteiger partial charge in [0, 0.05) is 24.7 Å². The molecule has 3 rings (SSSR count). The highest BCUT2D eigenvalue weighted by atomic mass is 16.5. The van der Waals surface area contributed by atoms with Crippen LogP contribution in [0.4, 0.5) is 0 Å². The smallest absolute Gasteiger partial charge is 0.332 e. The van der Waals surface area contributed by atoms with Crippen molar-refractivity contribution in [3.8, 4) is 11.5 Å². The zero-order chi connectivity index (χ0) is 27.8. The maximum atomic E-state index is 13.5. The molecule has 0 atom stereocenters. The molecular formula is C28H36N4O6. The van der Waals surface area contributed by atoms with Crippen molar-refractivity contribution in [2.45, 2.75) is 46.7 Å². The van der Waals surface area contributed by atoms with E-state index >= 15 is 0 Å². The van der Waals surface area contributed by atoms with Crippen LogP contribution in [0.1, 0.15) is 49.5 Å². The molecule has 10 heteroatoms. The van der Waals surface area contributed by atoms with Crippen molar-refractivity contribution < 1.29 is 19.1 Å². The van der Waals surface area contributed by atoms with Gasteiger partial charge in [0.1, 0.15) is 6.54 Å². The summed E-state index contributed by atoms with van der Waals surface area (Å²) in [6.07, 6.45) is 1.63. The van der Waals surface area contributed by atoms with Gasteiger partial charge in [-0.15, -0.1) is 0 Å². The van der Waals surface area contributed by atoms with E-state index in [0.717, 1.165) is 17.4 Å². The third-order valence-electron chi connectivity index (χ3n) is 6.17. The van der Waals surface area contributed by atoms with Crippen molar-refractivity contribution >= 4 is 22.7 Å². The van der Waals surface area contributed by atoms with Gasteiger partial charge >= 0.3 is 5.69 Å². The first-order chi connectivity index (χ1) is 18.2. The van der Waals surface area contributed by atoms with Crippen molar-refractivity contribution in [3.63, 3.8) is 0 Å². The molecule has 204 valence electrons. The molecule has 1 heterocycles. The number of rotatable bonds is 12. The Hall–Kier alpha value is -4.08. The van der Waals surface area contributed by atoms with E-state index in [1.165, 1.54) is 30.9 Å². The summed E-state index contributed by atoms with van der Waals surface area (Å²) in [4.78, 5) is 52.0. The average Bonchev–Trinajstić information content (AvgIpc) is 2.91. The number of methoxy groups -OCH3 is 2. The Labute approximate surface area is 221 Å². The Balaban J connectivity index is 2.01. The molecule has 0 saturated heterocycles. The first kappa shape index (κ1) is 28.5. The number of nitrogens with zero attached hydrogens (tertiary/aromatic N) is 2. The maximum Gasteiger partial charge on any atom is 0.332 e. The first-order valence-corrected chi connectivity index (χ1v) is 12.7. The summed E-state index contributed by atoms with van der Waals surface area (Å²) >= 11 is 0. The van der Waals surface area contributed by atoms with Crippen LogP contribution in [0.25, 0.3) is 10.9 Å². The number of ether oxygens (including phenoxy) is 2. The van der Waals surface area contributed by atoms with Gasteiger partial charge in [0.15, 0.2) is 11.5 Å². The van der Waals surface area contributed by atoms with Gasteiger partial charge in [-0.2, -0.15) is 0 Å². The van der Waals surface area contributed by atoms with E-state index in [2.05, 4.69) is 24.5 Å². The van der Waals surface area contributed by atoms with E-state index in [0.29, 0.717) is 41.6 Å². The van der Waals surface area contributed by atoms with E-state index in [1.807, 2.05) is 6.92 Å². The summed E-state index contributed by atoms with van der Waals surface area (Å²) in [5.41, 5.74) is 0.271. The third-order valence-corrected chi connectivity index (χ3v) is 6.17. The number of aromatic nitrogens is 2. The van der Waals surface area contributed by atoms with Gasteiger partial charge in [-0.05, 0) is 42.5 Å². The third kappa shape index (κ3) is 6.62. The Kier molecular flexibility index (Phi) is 9.70. The number of benzene rings is 2.